The maximum atomic E-state index is 12.2. The lowest BCUT2D eigenvalue weighted by Gasteiger charge is -2.22. The van der Waals surface area contributed by atoms with Crippen molar-refractivity contribution in [2.45, 2.75) is 45.9 Å². The zero-order valence-electron chi connectivity index (χ0n) is 14.8. The molecule has 1 aromatic carbocycles. The lowest BCUT2D eigenvalue weighted by atomic mass is 10.2. The van der Waals surface area contributed by atoms with Crippen LogP contribution in [0.4, 0.5) is 4.79 Å². The third kappa shape index (κ3) is 4.17. The number of hydrogen-bond acceptors (Lipinski definition) is 5. The van der Waals surface area contributed by atoms with Crippen LogP contribution in [0.2, 0.25) is 0 Å². The maximum absolute atomic E-state index is 12.2. The molecule has 0 saturated heterocycles. The van der Waals surface area contributed by atoms with E-state index in [2.05, 4.69) is 15.5 Å². The summed E-state index contributed by atoms with van der Waals surface area (Å²) in [5, 5.41) is 7.78. The van der Waals surface area contributed by atoms with Crippen LogP contribution in [0.1, 0.15) is 38.5 Å². The number of benzene rings is 1. The Bertz CT molecular complexity index is 876. The van der Waals surface area contributed by atoms with Gasteiger partial charge in [0.25, 0.3) is 5.89 Å². The molecule has 7 nitrogen and oxygen atoms in total. The first-order chi connectivity index (χ1) is 11.8. The number of aromatic nitrogens is 3. The number of carbonyl (C=O) groups is 1. The molecule has 132 valence electrons. The molecule has 0 spiro atoms. The van der Waals surface area contributed by atoms with Gasteiger partial charge >= 0.3 is 6.09 Å². The number of aryl methyl sites for hydroxylation is 1. The van der Waals surface area contributed by atoms with Crippen molar-refractivity contribution in [1.82, 2.24) is 20.0 Å². The molecule has 7 heteroatoms. The van der Waals surface area contributed by atoms with Crippen molar-refractivity contribution in [1.29, 1.82) is 0 Å². The zero-order chi connectivity index (χ0) is 18.0. The summed E-state index contributed by atoms with van der Waals surface area (Å²) >= 11 is 0. The highest BCUT2D eigenvalue weighted by molar-refractivity contribution is 5.80. The van der Waals surface area contributed by atoms with Gasteiger partial charge in [0.2, 0.25) is 0 Å². The van der Waals surface area contributed by atoms with Gasteiger partial charge < -0.3 is 19.1 Å². The molecule has 0 bridgehead atoms. The second-order valence-corrected chi connectivity index (χ2v) is 6.91. The number of alkyl carbamates (subject to hydrolysis) is 1. The normalized spacial score (nSPS) is 13.0. The third-order valence-corrected chi connectivity index (χ3v) is 3.59. The van der Waals surface area contributed by atoms with Gasteiger partial charge in [-0.3, -0.25) is 0 Å². The van der Waals surface area contributed by atoms with Gasteiger partial charge in [0.05, 0.1) is 6.54 Å². The minimum absolute atomic E-state index is 0.348. The summed E-state index contributed by atoms with van der Waals surface area (Å²) in [7, 11) is 0. The van der Waals surface area contributed by atoms with Gasteiger partial charge in [0.1, 0.15) is 11.6 Å². The van der Waals surface area contributed by atoms with Gasteiger partial charge in [-0.2, -0.15) is 4.98 Å². The van der Waals surface area contributed by atoms with Crippen LogP contribution in [-0.4, -0.2) is 26.4 Å². The Kier molecular flexibility index (Phi) is 4.48. The number of hydrogen-bond donors (Lipinski definition) is 1. The first-order valence-corrected chi connectivity index (χ1v) is 8.15. The van der Waals surface area contributed by atoms with Gasteiger partial charge in [0, 0.05) is 11.7 Å². The second-order valence-electron chi connectivity index (χ2n) is 6.91. The lowest BCUT2D eigenvalue weighted by molar-refractivity contribution is 0.0488. The predicted octanol–water partition coefficient (Wildman–Crippen LogP) is 3.60. The summed E-state index contributed by atoms with van der Waals surface area (Å²) in [6, 6.07) is 9.57. The van der Waals surface area contributed by atoms with Crippen molar-refractivity contribution >= 4 is 17.0 Å². The van der Waals surface area contributed by atoms with Crippen LogP contribution in [0.3, 0.4) is 0 Å². The average molecular weight is 342 g/mol. The van der Waals surface area contributed by atoms with E-state index in [0.717, 1.165) is 10.9 Å². The van der Waals surface area contributed by atoms with E-state index in [-0.39, 0.29) is 0 Å². The molecule has 1 amide bonds. The van der Waals surface area contributed by atoms with Crippen LogP contribution in [0, 0.1) is 6.92 Å². The number of ether oxygens (including phenoxy) is 1. The number of carbonyl (C=O) groups excluding carboxylic acids is 1. The molecule has 1 atom stereocenters. The molecule has 0 radical (unpaired) electrons. The molecular formula is C18H22N4O3. The predicted molar refractivity (Wildman–Crippen MR) is 93.1 cm³/mol. The molecule has 0 aliphatic rings. The quantitative estimate of drug-likeness (QED) is 0.783. The molecule has 2 aromatic heterocycles. The van der Waals surface area contributed by atoms with E-state index >= 15 is 0 Å². The first kappa shape index (κ1) is 17.0. The number of amides is 1. The van der Waals surface area contributed by atoms with E-state index in [9.17, 15) is 4.79 Å². The monoisotopic (exact) mass is 342 g/mol. The van der Waals surface area contributed by atoms with Crippen LogP contribution in [-0.2, 0) is 11.3 Å². The number of rotatable bonds is 4. The summed E-state index contributed by atoms with van der Waals surface area (Å²) < 4.78 is 12.7. The fraction of sp³-hybridized carbons (Fsp3) is 0.389. The average Bonchev–Trinajstić information content (AvgIpc) is 3.12. The van der Waals surface area contributed by atoms with E-state index in [1.165, 1.54) is 0 Å². The van der Waals surface area contributed by atoms with Crippen LogP contribution >= 0.6 is 0 Å². The van der Waals surface area contributed by atoms with Crippen molar-refractivity contribution in [3.8, 4) is 0 Å². The molecular weight excluding hydrogens is 320 g/mol. The first-order valence-electron chi connectivity index (χ1n) is 8.15. The Hall–Kier alpha value is -2.83. The van der Waals surface area contributed by atoms with Crippen LogP contribution in [0.5, 0.6) is 0 Å². The fourth-order valence-corrected chi connectivity index (χ4v) is 2.59. The molecule has 3 aromatic rings. The fourth-order valence-electron chi connectivity index (χ4n) is 2.59. The molecule has 1 unspecified atom stereocenters. The van der Waals surface area contributed by atoms with E-state index in [1.54, 1.807) is 6.92 Å². The van der Waals surface area contributed by atoms with Crippen LogP contribution in [0.15, 0.2) is 41.1 Å². The summed E-state index contributed by atoms with van der Waals surface area (Å²) in [5.41, 5.74) is 0.481. The summed E-state index contributed by atoms with van der Waals surface area (Å²) in [6.45, 7) is 7.64. The summed E-state index contributed by atoms with van der Waals surface area (Å²) in [5.74, 6) is 0.865. The van der Waals surface area contributed by atoms with E-state index in [0.29, 0.717) is 18.3 Å². The standard InChI is InChI=1S/C18H22N4O3/c1-12-19-16(25-21-12)14(20-17(23)24-18(2,3)4)11-22-10-9-13-7-5-6-8-15(13)22/h5-10,14H,11H2,1-4H3,(H,20,23). The van der Waals surface area contributed by atoms with Crippen molar-refractivity contribution in [2.75, 3.05) is 0 Å². The van der Waals surface area contributed by atoms with Crippen molar-refractivity contribution in [3.05, 3.63) is 48.2 Å². The Morgan fingerprint density at radius 1 is 1.32 bits per heavy atom. The number of para-hydroxylation sites is 1. The minimum atomic E-state index is -0.584. The largest absolute Gasteiger partial charge is 0.444 e. The third-order valence-electron chi connectivity index (χ3n) is 3.59. The maximum Gasteiger partial charge on any atom is 0.408 e. The highest BCUT2D eigenvalue weighted by Crippen LogP contribution is 2.20. The lowest BCUT2D eigenvalue weighted by Crippen LogP contribution is -2.36. The topological polar surface area (TPSA) is 82.2 Å². The van der Waals surface area contributed by atoms with Gasteiger partial charge in [-0.15, -0.1) is 0 Å². The van der Waals surface area contributed by atoms with E-state index in [1.807, 2.05) is 61.9 Å². The van der Waals surface area contributed by atoms with Gasteiger partial charge in [0.15, 0.2) is 5.82 Å². The Balaban J connectivity index is 1.85. The van der Waals surface area contributed by atoms with Crippen LogP contribution in [0.25, 0.3) is 10.9 Å². The van der Waals surface area contributed by atoms with Crippen molar-refractivity contribution < 1.29 is 14.1 Å². The van der Waals surface area contributed by atoms with E-state index < -0.39 is 17.7 Å². The van der Waals surface area contributed by atoms with E-state index in [4.69, 9.17) is 9.26 Å². The molecule has 0 aliphatic heterocycles. The summed E-state index contributed by atoms with van der Waals surface area (Å²) in [6.07, 6.45) is 1.45. The highest BCUT2D eigenvalue weighted by Gasteiger charge is 2.25. The molecule has 2 heterocycles. The van der Waals surface area contributed by atoms with Crippen molar-refractivity contribution in [2.24, 2.45) is 0 Å². The highest BCUT2D eigenvalue weighted by atomic mass is 16.6. The SMILES string of the molecule is Cc1noc(C(Cn2ccc3ccccc32)NC(=O)OC(C)(C)C)n1. The van der Waals surface area contributed by atoms with Gasteiger partial charge in [-0.05, 0) is 45.2 Å². The van der Waals surface area contributed by atoms with Gasteiger partial charge in [-0.1, -0.05) is 23.4 Å². The van der Waals surface area contributed by atoms with Gasteiger partial charge in [-0.25, -0.2) is 4.79 Å². The molecule has 0 aliphatic carbocycles. The Labute approximate surface area is 146 Å². The Morgan fingerprint density at radius 2 is 2.08 bits per heavy atom. The summed E-state index contributed by atoms with van der Waals surface area (Å²) in [4.78, 5) is 16.5. The minimum Gasteiger partial charge on any atom is -0.444 e. The second kappa shape index (κ2) is 6.58. The van der Waals surface area contributed by atoms with Crippen LogP contribution < -0.4 is 5.32 Å². The van der Waals surface area contributed by atoms with Crippen molar-refractivity contribution in [3.63, 3.8) is 0 Å². The Morgan fingerprint density at radius 3 is 2.76 bits per heavy atom. The smallest absolute Gasteiger partial charge is 0.408 e. The number of fused-ring (bicyclic) bond motifs is 1. The molecule has 0 fully saturated rings. The zero-order valence-corrected chi connectivity index (χ0v) is 14.8. The molecule has 0 saturated carbocycles. The number of nitrogens with zero attached hydrogens (tertiary/aromatic N) is 3. The molecule has 1 N–H and O–H groups in total. The molecule has 3 rings (SSSR count). The molecule has 25 heavy (non-hydrogen) atoms. The number of nitrogens with one attached hydrogen (secondary N) is 1.